The van der Waals surface area contributed by atoms with Crippen molar-refractivity contribution in [2.24, 2.45) is 12.5 Å². The number of likely N-dealkylation sites (tertiary alicyclic amines) is 1. The lowest BCUT2D eigenvalue weighted by molar-refractivity contribution is -0.191. The Labute approximate surface area is 202 Å². The molecule has 0 saturated carbocycles. The van der Waals surface area contributed by atoms with Crippen LogP contribution in [0.25, 0.3) is 22.3 Å². The van der Waals surface area contributed by atoms with Crippen molar-refractivity contribution < 1.29 is 4.74 Å². The number of aromatic nitrogens is 5. The van der Waals surface area contributed by atoms with E-state index in [0.717, 1.165) is 55.1 Å². The molecule has 0 bridgehead atoms. The molecule has 1 aromatic carbocycles. The summed E-state index contributed by atoms with van der Waals surface area (Å²) in [5, 5.41) is 7.09. The maximum Gasteiger partial charge on any atom is 0.154 e. The molecule has 174 valence electrons. The molecule has 2 fully saturated rings. The Morgan fingerprint density at radius 1 is 1.15 bits per heavy atom. The number of nitrogens with one attached hydrogen (secondary N) is 2. The minimum atomic E-state index is 0.416. The molecule has 1 spiro atoms. The number of pyridine rings is 1. The minimum absolute atomic E-state index is 0.416. The Morgan fingerprint density at radius 2 is 2.00 bits per heavy atom. The summed E-state index contributed by atoms with van der Waals surface area (Å²) in [6, 6.07) is 6.11. The average molecular weight is 477 g/mol. The molecule has 0 aliphatic carbocycles. The van der Waals surface area contributed by atoms with Gasteiger partial charge in [-0.05, 0) is 17.7 Å². The van der Waals surface area contributed by atoms with Crippen molar-refractivity contribution in [2.75, 3.05) is 44.0 Å². The van der Waals surface area contributed by atoms with E-state index in [1.165, 1.54) is 5.56 Å². The van der Waals surface area contributed by atoms with Crippen molar-refractivity contribution in [1.82, 2.24) is 29.4 Å². The van der Waals surface area contributed by atoms with Crippen molar-refractivity contribution in [3.8, 4) is 11.3 Å². The number of halogens is 1. The van der Waals surface area contributed by atoms with Crippen molar-refractivity contribution in [1.29, 1.82) is 0 Å². The molecule has 2 aliphatic heterocycles. The molecule has 4 aromatic rings. The number of hydrogen-bond donors (Lipinski definition) is 2. The first-order valence-electron chi connectivity index (χ1n) is 11.2. The molecular weight excluding hydrogens is 452 g/mol. The highest BCUT2D eigenvalue weighted by Crippen LogP contribution is 2.38. The zero-order valence-corrected chi connectivity index (χ0v) is 19.8. The summed E-state index contributed by atoms with van der Waals surface area (Å²) < 4.78 is 7.29. The quantitative estimate of drug-likeness (QED) is 0.435. The lowest BCUT2D eigenvalue weighted by atomic mass is 9.78. The molecule has 0 radical (unpaired) electrons. The number of rotatable bonds is 6. The first kappa shape index (κ1) is 21.3. The number of nitrogens with zero attached hydrogens (tertiary/aromatic N) is 6. The van der Waals surface area contributed by atoms with Gasteiger partial charge in [-0.15, -0.1) is 0 Å². The first-order valence-corrected chi connectivity index (χ1v) is 11.6. The van der Waals surface area contributed by atoms with E-state index in [0.29, 0.717) is 27.8 Å². The number of fused-ring (bicyclic) bond motifs is 1. The second-order valence-corrected chi connectivity index (χ2v) is 9.60. The highest BCUT2D eigenvalue weighted by Gasteiger charge is 2.48. The molecule has 6 rings (SSSR count). The van der Waals surface area contributed by atoms with Crippen molar-refractivity contribution >= 4 is 40.0 Å². The number of hydrogen-bond acceptors (Lipinski definition) is 8. The molecular formula is C24H25ClN8O. The molecule has 10 heteroatoms. The van der Waals surface area contributed by atoms with Gasteiger partial charge in [-0.1, -0.05) is 17.7 Å². The Hall–Kier alpha value is -3.27. The highest BCUT2D eigenvalue weighted by atomic mass is 35.5. The summed E-state index contributed by atoms with van der Waals surface area (Å²) in [6.07, 6.45) is 7.02. The Balaban J connectivity index is 1.21. The van der Waals surface area contributed by atoms with E-state index < -0.39 is 0 Å². The van der Waals surface area contributed by atoms with E-state index in [2.05, 4.69) is 36.6 Å². The van der Waals surface area contributed by atoms with Gasteiger partial charge in [0.25, 0.3) is 0 Å². The second-order valence-electron chi connectivity index (χ2n) is 9.19. The van der Waals surface area contributed by atoms with Crippen LogP contribution in [-0.4, -0.2) is 62.8 Å². The topological polar surface area (TPSA) is 93.0 Å². The van der Waals surface area contributed by atoms with Gasteiger partial charge in [0.05, 0.1) is 53.7 Å². The Morgan fingerprint density at radius 3 is 2.74 bits per heavy atom. The van der Waals surface area contributed by atoms with Gasteiger partial charge >= 0.3 is 0 Å². The van der Waals surface area contributed by atoms with Crippen LogP contribution in [0.4, 0.5) is 17.3 Å². The normalized spacial score (nSPS) is 16.9. The summed E-state index contributed by atoms with van der Waals surface area (Å²) in [7, 11) is 3.76. The fourth-order valence-electron chi connectivity index (χ4n) is 4.78. The molecule has 0 atom stereocenters. The summed E-state index contributed by atoms with van der Waals surface area (Å²) >= 11 is 6.60. The SMILES string of the molecule is CNc1nc(Nc2ccc(CN3CC4(COC4)C3)cc2Cl)cnc1-c1cncc2c1ncn2C. The zero-order valence-electron chi connectivity index (χ0n) is 19.0. The summed E-state index contributed by atoms with van der Waals surface area (Å²) in [6.45, 7) is 4.89. The second kappa shape index (κ2) is 8.19. The summed E-state index contributed by atoms with van der Waals surface area (Å²) in [4.78, 5) is 20.7. The predicted octanol–water partition coefficient (Wildman–Crippen LogP) is 3.70. The van der Waals surface area contributed by atoms with Crippen molar-refractivity contribution in [3.63, 3.8) is 0 Å². The minimum Gasteiger partial charge on any atom is -0.380 e. The Kier molecular flexibility index (Phi) is 5.13. The van der Waals surface area contributed by atoms with Crippen LogP contribution in [0.5, 0.6) is 0 Å². The van der Waals surface area contributed by atoms with Gasteiger partial charge in [-0.3, -0.25) is 9.88 Å². The van der Waals surface area contributed by atoms with Crippen LogP contribution in [-0.2, 0) is 18.3 Å². The monoisotopic (exact) mass is 476 g/mol. The van der Waals surface area contributed by atoms with Gasteiger partial charge in [0.1, 0.15) is 11.2 Å². The van der Waals surface area contributed by atoms with E-state index >= 15 is 0 Å². The number of ether oxygens (including phenoxy) is 1. The standard InChI is InChI=1S/C24H25ClN8O/c1-26-23-22(16-6-27-7-19-21(16)29-14-32(19)2)28-8-20(31-23)30-18-4-3-15(5-17(18)25)9-33-10-24(11-33)12-34-13-24/h3-8,14H,9-13H2,1-2H3,(H2,26,30,31). The molecule has 0 unspecified atom stereocenters. The zero-order chi connectivity index (χ0) is 23.3. The number of anilines is 3. The molecule has 5 heterocycles. The van der Waals surface area contributed by atoms with Gasteiger partial charge in [-0.25, -0.2) is 15.0 Å². The lowest BCUT2D eigenvalue weighted by Crippen LogP contribution is -2.65. The van der Waals surface area contributed by atoms with Crippen molar-refractivity contribution in [2.45, 2.75) is 6.54 Å². The third-order valence-corrected chi connectivity index (χ3v) is 6.85. The van der Waals surface area contributed by atoms with E-state index in [1.54, 1.807) is 24.9 Å². The van der Waals surface area contributed by atoms with E-state index in [4.69, 9.17) is 21.3 Å². The first-order chi connectivity index (χ1) is 16.5. The van der Waals surface area contributed by atoms with Crippen LogP contribution in [0.15, 0.2) is 43.1 Å². The third kappa shape index (κ3) is 3.66. The van der Waals surface area contributed by atoms with Gasteiger partial charge in [0, 0.05) is 45.3 Å². The molecule has 2 saturated heterocycles. The van der Waals surface area contributed by atoms with Crippen LogP contribution >= 0.6 is 11.6 Å². The van der Waals surface area contributed by atoms with E-state index in [1.807, 2.05) is 30.8 Å². The van der Waals surface area contributed by atoms with E-state index in [-0.39, 0.29) is 0 Å². The number of aryl methyl sites for hydroxylation is 1. The van der Waals surface area contributed by atoms with Gasteiger partial charge in [0.2, 0.25) is 0 Å². The van der Waals surface area contributed by atoms with Crippen LogP contribution in [0.1, 0.15) is 5.56 Å². The largest absolute Gasteiger partial charge is 0.380 e. The van der Waals surface area contributed by atoms with Crippen LogP contribution in [0, 0.1) is 5.41 Å². The van der Waals surface area contributed by atoms with Gasteiger partial charge < -0.3 is 19.9 Å². The fourth-order valence-corrected chi connectivity index (χ4v) is 5.03. The van der Waals surface area contributed by atoms with Gasteiger partial charge in [0.15, 0.2) is 11.6 Å². The Bertz CT molecular complexity index is 1370. The van der Waals surface area contributed by atoms with Crippen LogP contribution < -0.4 is 10.6 Å². The molecule has 0 amide bonds. The summed E-state index contributed by atoms with van der Waals surface area (Å²) in [5.74, 6) is 1.22. The highest BCUT2D eigenvalue weighted by molar-refractivity contribution is 6.33. The number of imidazole rings is 1. The molecule has 2 N–H and O–H groups in total. The average Bonchev–Trinajstić information content (AvgIpc) is 3.17. The summed E-state index contributed by atoms with van der Waals surface area (Å²) in [5.41, 5.74) is 5.68. The van der Waals surface area contributed by atoms with Crippen molar-refractivity contribution in [3.05, 3.63) is 53.7 Å². The maximum absolute atomic E-state index is 6.60. The lowest BCUT2D eigenvalue weighted by Gasteiger charge is -2.55. The molecule has 9 nitrogen and oxygen atoms in total. The number of benzene rings is 1. The fraction of sp³-hybridized carbons (Fsp3) is 0.333. The predicted molar refractivity (Wildman–Crippen MR) is 132 cm³/mol. The smallest absolute Gasteiger partial charge is 0.154 e. The molecule has 34 heavy (non-hydrogen) atoms. The molecule has 3 aromatic heterocycles. The van der Waals surface area contributed by atoms with E-state index in [9.17, 15) is 0 Å². The third-order valence-electron chi connectivity index (χ3n) is 6.54. The van der Waals surface area contributed by atoms with Crippen LogP contribution in [0.3, 0.4) is 0 Å². The molecule has 2 aliphatic rings. The van der Waals surface area contributed by atoms with Gasteiger partial charge in [-0.2, -0.15) is 0 Å². The maximum atomic E-state index is 6.60. The van der Waals surface area contributed by atoms with Crippen LogP contribution in [0.2, 0.25) is 5.02 Å².